The molecule has 0 saturated carbocycles. The van der Waals surface area contributed by atoms with Crippen molar-refractivity contribution in [1.82, 2.24) is 4.90 Å². The van der Waals surface area contributed by atoms with Crippen LogP contribution >= 0.6 is 12.4 Å². The van der Waals surface area contributed by atoms with Crippen molar-refractivity contribution < 1.29 is 19.4 Å². The van der Waals surface area contributed by atoms with E-state index in [0.29, 0.717) is 24.4 Å². The van der Waals surface area contributed by atoms with Gasteiger partial charge >= 0.3 is 5.97 Å². The standard InChI is InChI=1S/C14H18N2O4.ClH/c1-20-11-5-2-4-10(8-11)15-13(17)9-16-7-3-6-12(16)14(18)19;/h2,4-5,8,12H,3,6-7,9H2,1H3,(H,15,17)(H,18,19);1H. The summed E-state index contributed by atoms with van der Waals surface area (Å²) in [6.45, 7) is 0.733. The van der Waals surface area contributed by atoms with Crippen LogP contribution in [0.25, 0.3) is 0 Å². The summed E-state index contributed by atoms with van der Waals surface area (Å²) in [4.78, 5) is 24.7. The Hall–Kier alpha value is -1.79. The number of benzene rings is 1. The number of hydrogen-bond donors (Lipinski definition) is 2. The number of carbonyl (C=O) groups excluding carboxylic acids is 1. The van der Waals surface area contributed by atoms with Gasteiger partial charge in [0.2, 0.25) is 5.91 Å². The summed E-state index contributed by atoms with van der Waals surface area (Å²) >= 11 is 0. The van der Waals surface area contributed by atoms with E-state index in [1.165, 1.54) is 0 Å². The van der Waals surface area contributed by atoms with Gasteiger partial charge in [-0.1, -0.05) is 6.07 Å². The van der Waals surface area contributed by atoms with E-state index in [9.17, 15) is 9.59 Å². The molecule has 1 aromatic carbocycles. The van der Waals surface area contributed by atoms with Crippen molar-refractivity contribution in [2.24, 2.45) is 0 Å². The van der Waals surface area contributed by atoms with Crippen molar-refractivity contribution in [2.75, 3.05) is 25.5 Å². The Balaban J connectivity index is 0.00000220. The Bertz CT molecular complexity index is 510. The number of rotatable bonds is 5. The van der Waals surface area contributed by atoms with Crippen LogP contribution in [0.2, 0.25) is 0 Å². The van der Waals surface area contributed by atoms with Crippen LogP contribution < -0.4 is 10.1 Å². The summed E-state index contributed by atoms with van der Waals surface area (Å²) in [5, 5.41) is 11.8. The van der Waals surface area contributed by atoms with Gasteiger partial charge in [-0.2, -0.15) is 0 Å². The van der Waals surface area contributed by atoms with E-state index in [1.807, 2.05) is 0 Å². The van der Waals surface area contributed by atoms with E-state index in [2.05, 4.69) is 5.32 Å². The van der Waals surface area contributed by atoms with Gasteiger partial charge in [0.25, 0.3) is 0 Å². The Labute approximate surface area is 129 Å². The zero-order valence-corrected chi connectivity index (χ0v) is 12.6. The fourth-order valence-electron chi connectivity index (χ4n) is 2.38. The van der Waals surface area contributed by atoms with Gasteiger partial charge in [-0.25, -0.2) is 0 Å². The number of carbonyl (C=O) groups is 2. The maximum atomic E-state index is 11.9. The molecule has 0 radical (unpaired) electrons. The maximum absolute atomic E-state index is 11.9. The minimum Gasteiger partial charge on any atom is -0.497 e. The number of hydrogen-bond acceptors (Lipinski definition) is 4. The number of ether oxygens (including phenoxy) is 1. The first kappa shape index (κ1) is 17.3. The predicted molar refractivity (Wildman–Crippen MR) is 81.1 cm³/mol. The van der Waals surface area contributed by atoms with Crippen LogP contribution in [-0.2, 0) is 9.59 Å². The molecule has 1 aliphatic heterocycles. The highest BCUT2D eigenvalue weighted by Gasteiger charge is 2.31. The lowest BCUT2D eigenvalue weighted by molar-refractivity contribution is -0.142. The van der Waals surface area contributed by atoms with Gasteiger partial charge in [-0.3, -0.25) is 14.5 Å². The molecule has 1 aliphatic rings. The Morgan fingerprint density at radius 2 is 2.24 bits per heavy atom. The third-order valence-corrected chi connectivity index (χ3v) is 3.35. The van der Waals surface area contributed by atoms with Crippen molar-refractivity contribution in [3.8, 4) is 5.75 Å². The summed E-state index contributed by atoms with van der Waals surface area (Å²) in [7, 11) is 1.56. The number of halogens is 1. The van der Waals surface area contributed by atoms with E-state index in [-0.39, 0.29) is 24.9 Å². The van der Waals surface area contributed by atoms with Gasteiger partial charge in [0.05, 0.1) is 13.7 Å². The number of aliphatic carboxylic acids is 1. The molecule has 0 aliphatic carbocycles. The molecule has 0 spiro atoms. The second kappa shape index (κ2) is 7.85. The topological polar surface area (TPSA) is 78.9 Å². The van der Waals surface area contributed by atoms with Crippen molar-refractivity contribution in [1.29, 1.82) is 0 Å². The molecule has 0 bridgehead atoms. The Kier molecular flexibility index (Phi) is 6.45. The summed E-state index contributed by atoms with van der Waals surface area (Å²) in [5.41, 5.74) is 0.639. The van der Waals surface area contributed by atoms with Crippen LogP contribution in [0.5, 0.6) is 5.75 Å². The number of nitrogens with one attached hydrogen (secondary N) is 1. The molecule has 7 heteroatoms. The van der Waals surface area contributed by atoms with Crippen LogP contribution in [0.3, 0.4) is 0 Å². The zero-order chi connectivity index (χ0) is 14.5. The summed E-state index contributed by atoms with van der Waals surface area (Å²) in [6.07, 6.45) is 1.41. The molecule has 1 aromatic rings. The molecule has 1 atom stereocenters. The number of amides is 1. The number of nitrogens with zero attached hydrogens (tertiary/aromatic N) is 1. The smallest absolute Gasteiger partial charge is 0.320 e. The van der Waals surface area contributed by atoms with Crippen LogP contribution in [0, 0.1) is 0 Å². The third kappa shape index (κ3) is 4.61. The second-order valence-electron chi connectivity index (χ2n) is 4.75. The lowest BCUT2D eigenvalue weighted by Gasteiger charge is -2.20. The molecule has 116 valence electrons. The number of carboxylic acids is 1. The average Bonchev–Trinajstić information content (AvgIpc) is 2.87. The highest BCUT2D eigenvalue weighted by Crippen LogP contribution is 2.19. The average molecular weight is 315 g/mol. The van der Waals surface area contributed by atoms with Gasteiger partial charge in [-0.05, 0) is 31.5 Å². The van der Waals surface area contributed by atoms with E-state index < -0.39 is 12.0 Å². The molecule has 2 N–H and O–H groups in total. The van der Waals surface area contributed by atoms with Gasteiger partial charge in [-0.15, -0.1) is 12.4 Å². The SMILES string of the molecule is COc1cccc(NC(=O)CN2CCCC2C(=O)O)c1.Cl. The van der Waals surface area contributed by atoms with E-state index in [4.69, 9.17) is 9.84 Å². The Morgan fingerprint density at radius 1 is 1.48 bits per heavy atom. The molecular formula is C14H19ClN2O4. The highest BCUT2D eigenvalue weighted by molar-refractivity contribution is 5.92. The minimum atomic E-state index is -0.864. The second-order valence-corrected chi connectivity index (χ2v) is 4.75. The molecule has 0 aromatic heterocycles. The molecular weight excluding hydrogens is 296 g/mol. The van der Waals surface area contributed by atoms with Gasteiger partial charge in [0, 0.05) is 11.8 Å². The fraction of sp³-hybridized carbons (Fsp3) is 0.429. The number of carboxylic acid groups (broad SMARTS) is 1. The largest absolute Gasteiger partial charge is 0.497 e. The van der Waals surface area contributed by atoms with Crippen molar-refractivity contribution in [3.63, 3.8) is 0 Å². The monoisotopic (exact) mass is 314 g/mol. The van der Waals surface area contributed by atoms with E-state index in [1.54, 1.807) is 36.3 Å². The third-order valence-electron chi connectivity index (χ3n) is 3.35. The highest BCUT2D eigenvalue weighted by atomic mass is 35.5. The van der Waals surface area contributed by atoms with Crippen molar-refractivity contribution in [3.05, 3.63) is 24.3 Å². The molecule has 2 rings (SSSR count). The minimum absolute atomic E-state index is 0. The number of likely N-dealkylation sites (tertiary alicyclic amines) is 1. The number of anilines is 1. The van der Waals surface area contributed by atoms with E-state index in [0.717, 1.165) is 6.42 Å². The quantitative estimate of drug-likeness (QED) is 0.863. The number of methoxy groups -OCH3 is 1. The maximum Gasteiger partial charge on any atom is 0.320 e. The lowest BCUT2D eigenvalue weighted by Crippen LogP contribution is -2.40. The first-order chi connectivity index (χ1) is 9.60. The molecule has 1 amide bonds. The molecule has 21 heavy (non-hydrogen) atoms. The molecule has 1 fully saturated rings. The summed E-state index contributed by atoms with van der Waals surface area (Å²) in [6, 6.07) is 6.50. The molecule has 1 saturated heterocycles. The lowest BCUT2D eigenvalue weighted by atomic mass is 10.2. The van der Waals surface area contributed by atoms with Gasteiger partial charge in [0.1, 0.15) is 11.8 Å². The van der Waals surface area contributed by atoms with Crippen LogP contribution in [0.4, 0.5) is 5.69 Å². The van der Waals surface area contributed by atoms with Crippen LogP contribution in [-0.4, -0.2) is 48.1 Å². The predicted octanol–water partition coefficient (Wildman–Crippen LogP) is 1.60. The van der Waals surface area contributed by atoms with Gasteiger partial charge < -0.3 is 15.2 Å². The molecule has 6 nitrogen and oxygen atoms in total. The zero-order valence-electron chi connectivity index (χ0n) is 11.7. The summed E-state index contributed by atoms with van der Waals surface area (Å²) in [5.74, 6) is -0.421. The van der Waals surface area contributed by atoms with Crippen LogP contribution in [0.1, 0.15) is 12.8 Å². The van der Waals surface area contributed by atoms with Crippen molar-refractivity contribution in [2.45, 2.75) is 18.9 Å². The van der Waals surface area contributed by atoms with Crippen LogP contribution in [0.15, 0.2) is 24.3 Å². The molecule has 1 heterocycles. The van der Waals surface area contributed by atoms with Gasteiger partial charge in [0.15, 0.2) is 0 Å². The molecule has 1 unspecified atom stereocenters. The first-order valence-corrected chi connectivity index (χ1v) is 6.51. The fourth-order valence-corrected chi connectivity index (χ4v) is 2.38. The van der Waals surface area contributed by atoms with Crippen molar-refractivity contribution >= 4 is 30.0 Å². The van der Waals surface area contributed by atoms with E-state index >= 15 is 0 Å². The Morgan fingerprint density at radius 3 is 2.90 bits per heavy atom. The normalized spacial score (nSPS) is 17.9. The summed E-state index contributed by atoms with van der Waals surface area (Å²) < 4.78 is 5.08. The first-order valence-electron chi connectivity index (χ1n) is 6.51.